The van der Waals surface area contributed by atoms with Gasteiger partial charge in [0.1, 0.15) is 0 Å². The smallest absolute Gasteiger partial charge is 0.191 e. The third-order valence-corrected chi connectivity index (χ3v) is 4.17. The van der Waals surface area contributed by atoms with Crippen LogP contribution in [-0.2, 0) is 6.54 Å². The zero-order valence-electron chi connectivity index (χ0n) is 12.6. The molecular formula is C15H24ClIN4. The summed E-state index contributed by atoms with van der Waals surface area (Å²) in [6, 6.07) is 8.46. The van der Waals surface area contributed by atoms with Crippen molar-refractivity contribution >= 4 is 41.5 Å². The van der Waals surface area contributed by atoms with Crippen LogP contribution in [0.4, 0.5) is 0 Å². The number of guanidine groups is 1. The van der Waals surface area contributed by atoms with E-state index in [1.807, 2.05) is 24.3 Å². The highest BCUT2D eigenvalue weighted by molar-refractivity contribution is 14.0. The number of rotatable bonds is 4. The lowest BCUT2D eigenvalue weighted by Gasteiger charge is -2.21. The first-order valence-corrected chi connectivity index (χ1v) is 7.46. The molecule has 4 nitrogen and oxygen atoms in total. The minimum absolute atomic E-state index is 0. The molecule has 0 aliphatic carbocycles. The van der Waals surface area contributed by atoms with Gasteiger partial charge in [-0.1, -0.05) is 29.8 Å². The Hall–Kier alpha value is -0.530. The Labute approximate surface area is 149 Å². The Morgan fingerprint density at radius 1 is 1.38 bits per heavy atom. The van der Waals surface area contributed by atoms with E-state index in [0.717, 1.165) is 23.1 Å². The van der Waals surface area contributed by atoms with Crippen LogP contribution in [0.25, 0.3) is 0 Å². The number of likely N-dealkylation sites (tertiary alicyclic amines) is 1. The third kappa shape index (κ3) is 5.64. The number of hydrogen-bond acceptors (Lipinski definition) is 2. The highest BCUT2D eigenvalue weighted by Crippen LogP contribution is 2.14. The molecule has 1 aliphatic rings. The first-order chi connectivity index (χ1) is 9.70. The number of nitrogens with one attached hydrogen (secondary N) is 2. The molecule has 1 unspecified atom stereocenters. The molecule has 1 aromatic carbocycles. The van der Waals surface area contributed by atoms with Crippen LogP contribution in [0.15, 0.2) is 29.3 Å². The summed E-state index contributed by atoms with van der Waals surface area (Å²) >= 11 is 6.14. The molecule has 2 N–H and O–H groups in total. The minimum atomic E-state index is 0. The molecule has 1 fully saturated rings. The summed E-state index contributed by atoms with van der Waals surface area (Å²) in [6.07, 6.45) is 2.54. The molecule has 21 heavy (non-hydrogen) atoms. The minimum Gasteiger partial charge on any atom is -0.355 e. The van der Waals surface area contributed by atoms with Gasteiger partial charge in [-0.05, 0) is 38.1 Å². The van der Waals surface area contributed by atoms with Crippen molar-refractivity contribution in [1.82, 2.24) is 15.5 Å². The lowest BCUT2D eigenvalue weighted by Crippen LogP contribution is -2.43. The molecule has 0 amide bonds. The van der Waals surface area contributed by atoms with Gasteiger partial charge in [-0.15, -0.1) is 24.0 Å². The largest absolute Gasteiger partial charge is 0.355 e. The standard InChI is InChI=1S/C15H23ClN4.HI/c1-17-15(19-11-13-7-5-9-20(13)2)18-10-12-6-3-4-8-14(12)16;/h3-4,6,8,13H,5,7,9-11H2,1-2H3,(H2,17,18,19);1H. The maximum Gasteiger partial charge on any atom is 0.191 e. The van der Waals surface area contributed by atoms with Crippen molar-refractivity contribution in [2.24, 2.45) is 4.99 Å². The summed E-state index contributed by atoms with van der Waals surface area (Å²) in [5.74, 6) is 0.824. The van der Waals surface area contributed by atoms with Crippen LogP contribution in [0.3, 0.4) is 0 Å². The van der Waals surface area contributed by atoms with Gasteiger partial charge in [0, 0.05) is 31.2 Å². The van der Waals surface area contributed by atoms with E-state index in [1.54, 1.807) is 7.05 Å². The average molecular weight is 423 g/mol. The number of likely N-dealkylation sites (N-methyl/N-ethyl adjacent to an activating group) is 1. The zero-order chi connectivity index (χ0) is 14.4. The molecule has 1 aromatic rings. The Morgan fingerprint density at radius 2 is 2.14 bits per heavy atom. The molecule has 1 aliphatic heterocycles. The molecule has 0 bridgehead atoms. The molecular weight excluding hydrogens is 399 g/mol. The van der Waals surface area contributed by atoms with E-state index < -0.39 is 0 Å². The molecule has 1 saturated heterocycles. The molecule has 118 valence electrons. The van der Waals surface area contributed by atoms with Crippen molar-refractivity contribution in [3.8, 4) is 0 Å². The fourth-order valence-electron chi connectivity index (χ4n) is 2.49. The molecule has 0 aromatic heterocycles. The quantitative estimate of drug-likeness (QED) is 0.445. The topological polar surface area (TPSA) is 39.7 Å². The van der Waals surface area contributed by atoms with E-state index in [-0.39, 0.29) is 24.0 Å². The molecule has 0 spiro atoms. The van der Waals surface area contributed by atoms with Gasteiger partial charge in [0.2, 0.25) is 0 Å². The van der Waals surface area contributed by atoms with Crippen LogP contribution in [0.5, 0.6) is 0 Å². The van der Waals surface area contributed by atoms with E-state index in [0.29, 0.717) is 12.6 Å². The Balaban J connectivity index is 0.00000220. The second-order valence-electron chi connectivity index (χ2n) is 5.17. The van der Waals surface area contributed by atoms with Gasteiger partial charge in [0.05, 0.1) is 0 Å². The Bertz CT molecular complexity index is 467. The summed E-state index contributed by atoms with van der Waals surface area (Å²) in [5.41, 5.74) is 1.08. The van der Waals surface area contributed by atoms with Gasteiger partial charge < -0.3 is 15.5 Å². The number of aliphatic imine (C=N–C) groups is 1. The van der Waals surface area contributed by atoms with E-state index in [4.69, 9.17) is 11.6 Å². The Kier molecular flexibility index (Phi) is 8.36. The summed E-state index contributed by atoms with van der Waals surface area (Å²) < 4.78 is 0. The second-order valence-corrected chi connectivity index (χ2v) is 5.58. The van der Waals surface area contributed by atoms with Crippen LogP contribution in [0.1, 0.15) is 18.4 Å². The first kappa shape index (κ1) is 18.5. The van der Waals surface area contributed by atoms with Crippen LogP contribution >= 0.6 is 35.6 Å². The summed E-state index contributed by atoms with van der Waals surface area (Å²) in [4.78, 5) is 6.65. The Morgan fingerprint density at radius 3 is 2.76 bits per heavy atom. The van der Waals surface area contributed by atoms with Crippen molar-refractivity contribution in [2.45, 2.75) is 25.4 Å². The second kappa shape index (κ2) is 9.48. The SMILES string of the molecule is CN=C(NCc1ccccc1Cl)NCC1CCCN1C.I. The highest BCUT2D eigenvalue weighted by Gasteiger charge is 2.20. The number of halogens is 2. The predicted molar refractivity (Wildman–Crippen MR) is 101 cm³/mol. The molecule has 0 saturated carbocycles. The zero-order valence-corrected chi connectivity index (χ0v) is 15.7. The molecule has 0 radical (unpaired) electrons. The van der Waals surface area contributed by atoms with Gasteiger partial charge in [-0.3, -0.25) is 4.99 Å². The van der Waals surface area contributed by atoms with Gasteiger partial charge in [0.15, 0.2) is 5.96 Å². The lowest BCUT2D eigenvalue weighted by atomic mass is 10.2. The predicted octanol–water partition coefficient (Wildman–Crippen LogP) is 2.72. The van der Waals surface area contributed by atoms with E-state index >= 15 is 0 Å². The van der Waals surface area contributed by atoms with Gasteiger partial charge in [-0.2, -0.15) is 0 Å². The van der Waals surface area contributed by atoms with Gasteiger partial charge >= 0.3 is 0 Å². The van der Waals surface area contributed by atoms with Gasteiger partial charge in [0.25, 0.3) is 0 Å². The van der Waals surface area contributed by atoms with Crippen molar-refractivity contribution in [2.75, 3.05) is 27.2 Å². The molecule has 6 heteroatoms. The number of benzene rings is 1. The van der Waals surface area contributed by atoms with Crippen molar-refractivity contribution < 1.29 is 0 Å². The molecule has 2 rings (SSSR count). The lowest BCUT2D eigenvalue weighted by molar-refractivity contribution is 0.309. The summed E-state index contributed by atoms with van der Waals surface area (Å²) in [7, 11) is 3.97. The molecule has 1 heterocycles. The first-order valence-electron chi connectivity index (χ1n) is 7.09. The van der Waals surface area contributed by atoms with Crippen molar-refractivity contribution in [1.29, 1.82) is 0 Å². The third-order valence-electron chi connectivity index (χ3n) is 3.80. The van der Waals surface area contributed by atoms with Crippen LogP contribution in [0.2, 0.25) is 5.02 Å². The summed E-state index contributed by atoms with van der Waals surface area (Å²) in [6.45, 7) is 2.80. The monoisotopic (exact) mass is 422 g/mol. The number of nitrogens with zero attached hydrogens (tertiary/aromatic N) is 2. The van der Waals surface area contributed by atoms with Gasteiger partial charge in [-0.25, -0.2) is 0 Å². The maximum absolute atomic E-state index is 6.14. The average Bonchev–Trinajstić information content (AvgIpc) is 2.86. The molecule has 1 atom stereocenters. The van der Waals surface area contributed by atoms with Crippen LogP contribution < -0.4 is 10.6 Å². The fourth-order valence-corrected chi connectivity index (χ4v) is 2.70. The van der Waals surface area contributed by atoms with Crippen molar-refractivity contribution in [3.05, 3.63) is 34.9 Å². The van der Waals surface area contributed by atoms with E-state index in [2.05, 4.69) is 27.6 Å². The fraction of sp³-hybridized carbons (Fsp3) is 0.533. The van der Waals surface area contributed by atoms with Crippen LogP contribution in [0, 0.1) is 0 Å². The normalized spacial score (nSPS) is 19.2. The van der Waals surface area contributed by atoms with Crippen molar-refractivity contribution in [3.63, 3.8) is 0 Å². The summed E-state index contributed by atoms with van der Waals surface area (Å²) in [5, 5.41) is 7.47. The van der Waals surface area contributed by atoms with E-state index in [9.17, 15) is 0 Å². The van der Waals surface area contributed by atoms with Crippen LogP contribution in [-0.4, -0.2) is 44.1 Å². The highest BCUT2D eigenvalue weighted by atomic mass is 127. The maximum atomic E-state index is 6.14. The van der Waals surface area contributed by atoms with E-state index in [1.165, 1.54) is 19.4 Å². The number of hydrogen-bond donors (Lipinski definition) is 2.